The zero-order chi connectivity index (χ0) is 15.2. The molecule has 1 aromatic carbocycles. The fraction of sp³-hybridized carbons (Fsp3) is 0.700. The molecule has 0 aliphatic heterocycles. The molecule has 0 radical (unpaired) electrons. The van der Waals surface area contributed by atoms with Crippen LogP contribution in [0.3, 0.4) is 0 Å². The van der Waals surface area contributed by atoms with Gasteiger partial charge in [-0.05, 0) is 0 Å². The Bertz CT molecular complexity index is 306. The first-order valence-corrected chi connectivity index (χ1v) is 11.6. The minimum Gasteiger partial charge on any atom is -0.0654 e. The van der Waals surface area contributed by atoms with E-state index in [1.807, 2.05) is 0 Å². The van der Waals surface area contributed by atoms with E-state index in [0.717, 1.165) is 0 Å². The van der Waals surface area contributed by atoms with Crippen molar-refractivity contribution in [1.29, 1.82) is 0 Å². The molecular formula is C20H36Si. The standard InChI is InChI=1S/C20H36Si/c1-3-5-7-9-14-18-21(19-15-10-8-6-4-2)20-16-12-11-13-17-20/h11-13,16-17,21H,3-10,14-15,18-19H2,1-2H3. The van der Waals surface area contributed by atoms with Crippen molar-refractivity contribution < 1.29 is 0 Å². The van der Waals surface area contributed by atoms with Crippen molar-refractivity contribution in [2.75, 3.05) is 0 Å². The monoisotopic (exact) mass is 304 g/mol. The van der Waals surface area contributed by atoms with E-state index >= 15 is 0 Å². The maximum absolute atomic E-state index is 2.40. The van der Waals surface area contributed by atoms with Crippen LogP contribution in [0.15, 0.2) is 30.3 Å². The predicted molar refractivity (Wildman–Crippen MR) is 100 cm³/mol. The first kappa shape index (κ1) is 18.5. The first-order valence-electron chi connectivity index (χ1n) is 9.43. The molecule has 0 saturated carbocycles. The maximum atomic E-state index is 2.40. The van der Waals surface area contributed by atoms with Gasteiger partial charge in [0.1, 0.15) is 0 Å². The van der Waals surface area contributed by atoms with Crippen LogP contribution in [0.4, 0.5) is 0 Å². The maximum Gasteiger partial charge on any atom is 0.0708 e. The predicted octanol–water partition coefficient (Wildman–Crippen LogP) is 6.06. The van der Waals surface area contributed by atoms with Crippen molar-refractivity contribution in [2.45, 2.75) is 90.1 Å². The molecule has 0 bridgehead atoms. The summed E-state index contributed by atoms with van der Waals surface area (Å²) < 4.78 is 0. The van der Waals surface area contributed by atoms with Crippen LogP contribution in [0.1, 0.15) is 78.1 Å². The topological polar surface area (TPSA) is 0 Å². The van der Waals surface area contributed by atoms with Crippen molar-refractivity contribution >= 4 is 14.0 Å². The Morgan fingerprint density at radius 2 is 1.10 bits per heavy atom. The van der Waals surface area contributed by atoms with Crippen LogP contribution < -0.4 is 5.19 Å². The van der Waals surface area contributed by atoms with Crippen molar-refractivity contribution in [3.63, 3.8) is 0 Å². The molecule has 0 N–H and O–H groups in total. The molecule has 0 nitrogen and oxygen atoms in total. The normalized spacial score (nSPS) is 11.2. The van der Waals surface area contributed by atoms with Crippen LogP contribution >= 0.6 is 0 Å². The highest BCUT2D eigenvalue weighted by Gasteiger charge is 2.12. The molecule has 21 heavy (non-hydrogen) atoms. The number of hydrogen-bond donors (Lipinski definition) is 0. The molecule has 0 amide bonds. The first-order chi connectivity index (χ1) is 10.4. The van der Waals surface area contributed by atoms with Crippen molar-refractivity contribution in [2.24, 2.45) is 0 Å². The second-order valence-corrected chi connectivity index (χ2v) is 9.73. The van der Waals surface area contributed by atoms with Gasteiger partial charge >= 0.3 is 0 Å². The summed E-state index contributed by atoms with van der Waals surface area (Å²) in [6.07, 6.45) is 14.3. The van der Waals surface area contributed by atoms with E-state index in [4.69, 9.17) is 0 Å². The number of unbranched alkanes of at least 4 members (excludes halogenated alkanes) is 8. The highest BCUT2D eigenvalue weighted by molar-refractivity contribution is 6.73. The lowest BCUT2D eigenvalue weighted by Crippen LogP contribution is -2.29. The second kappa shape index (κ2) is 13.1. The van der Waals surface area contributed by atoms with E-state index in [9.17, 15) is 0 Å². The summed E-state index contributed by atoms with van der Waals surface area (Å²) in [7, 11) is -0.695. The van der Waals surface area contributed by atoms with Crippen LogP contribution in [-0.4, -0.2) is 8.80 Å². The van der Waals surface area contributed by atoms with Crippen LogP contribution in [0.2, 0.25) is 12.1 Å². The van der Waals surface area contributed by atoms with E-state index in [2.05, 4.69) is 44.2 Å². The molecule has 1 aromatic rings. The molecule has 0 aliphatic carbocycles. The molecular weight excluding hydrogens is 268 g/mol. The molecule has 0 atom stereocenters. The van der Waals surface area contributed by atoms with E-state index in [0.29, 0.717) is 0 Å². The van der Waals surface area contributed by atoms with Gasteiger partial charge in [-0.3, -0.25) is 0 Å². The van der Waals surface area contributed by atoms with Gasteiger partial charge < -0.3 is 0 Å². The second-order valence-electron chi connectivity index (χ2n) is 6.51. The Morgan fingerprint density at radius 1 is 0.619 bits per heavy atom. The van der Waals surface area contributed by atoms with Gasteiger partial charge in [-0.1, -0.05) is 126 Å². The molecule has 1 heteroatoms. The SMILES string of the molecule is CCCCCCC[SiH](CCCCCCC)c1ccccc1. The Morgan fingerprint density at radius 3 is 1.57 bits per heavy atom. The highest BCUT2D eigenvalue weighted by atomic mass is 28.3. The summed E-state index contributed by atoms with van der Waals surface area (Å²) >= 11 is 0. The number of rotatable bonds is 13. The van der Waals surface area contributed by atoms with Crippen LogP contribution in [0, 0.1) is 0 Å². The van der Waals surface area contributed by atoms with Gasteiger partial charge in [0.2, 0.25) is 0 Å². The molecule has 0 aromatic heterocycles. The smallest absolute Gasteiger partial charge is 0.0654 e. The van der Waals surface area contributed by atoms with Gasteiger partial charge in [-0.25, -0.2) is 0 Å². The summed E-state index contributed by atoms with van der Waals surface area (Å²) in [5.41, 5.74) is 0. The highest BCUT2D eigenvalue weighted by Crippen LogP contribution is 2.14. The zero-order valence-corrected chi connectivity index (χ0v) is 15.6. The molecule has 1 rings (SSSR count). The van der Waals surface area contributed by atoms with Crippen LogP contribution in [0.25, 0.3) is 0 Å². The lowest BCUT2D eigenvalue weighted by Gasteiger charge is -2.16. The Labute approximate surface area is 135 Å². The summed E-state index contributed by atoms with van der Waals surface area (Å²) in [5.74, 6) is 0. The average Bonchev–Trinajstić information content (AvgIpc) is 2.53. The van der Waals surface area contributed by atoms with E-state index < -0.39 is 8.80 Å². The molecule has 0 heterocycles. The van der Waals surface area contributed by atoms with Gasteiger partial charge in [0, 0.05) is 0 Å². The van der Waals surface area contributed by atoms with E-state index in [-0.39, 0.29) is 0 Å². The Balaban J connectivity index is 2.32. The fourth-order valence-electron chi connectivity index (χ4n) is 3.19. The molecule has 0 fully saturated rings. The minimum atomic E-state index is -0.695. The van der Waals surface area contributed by atoms with Crippen LogP contribution in [-0.2, 0) is 0 Å². The van der Waals surface area contributed by atoms with E-state index in [1.54, 1.807) is 5.19 Å². The summed E-state index contributed by atoms with van der Waals surface area (Å²) in [4.78, 5) is 0. The van der Waals surface area contributed by atoms with Gasteiger partial charge in [0.05, 0.1) is 8.80 Å². The van der Waals surface area contributed by atoms with Gasteiger partial charge in [0.15, 0.2) is 0 Å². The quantitative estimate of drug-likeness (QED) is 0.307. The van der Waals surface area contributed by atoms with Gasteiger partial charge in [-0.15, -0.1) is 0 Å². The largest absolute Gasteiger partial charge is 0.0708 e. The minimum absolute atomic E-state index is 0.695. The molecule has 120 valence electrons. The summed E-state index contributed by atoms with van der Waals surface area (Å²) in [5, 5.41) is 1.71. The number of benzene rings is 1. The Hall–Kier alpha value is -0.563. The molecule has 0 aliphatic rings. The molecule has 0 saturated heterocycles. The lowest BCUT2D eigenvalue weighted by atomic mass is 10.2. The number of hydrogen-bond acceptors (Lipinski definition) is 0. The van der Waals surface area contributed by atoms with Crippen molar-refractivity contribution in [1.82, 2.24) is 0 Å². The third-order valence-corrected chi connectivity index (χ3v) is 8.12. The van der Waals surface area contributed by atoms with Crippen molar-refractivity contribution in [3.8, 4) is 0 Å². The van der Waals surface area contributed by atoms with Crippen LogP contribution in [0.5, 0.6) is 0 Å². The Kier molecular flexibility index (Phi) is 11.6. The van der Waals surface area contributed by atoms with Gasteiger partial charge in [-0.2, -0.15) is 0 Å². The summed E-state index contributed by atoms with van der Waals surface area (Å²) in [6.45, 7) is 4.61. The average molecular weight is 305 g/mol. The van der Waals surface area contributed by atoms with Crippen molar-refractivity contribution in [3.05, 3.63) is 30.3 Å². The van der Waals surface area contributed by atoms with Gasteiger partial charge in [0.25, 0.3) is 0 Å². The summed E-state index contributed by atoms with van der Waals surface area (Å²) in [6, 6.07) is 14.5. The molecule has 0 spiro atoms. The fourth-order valence-corrected chi connectivity index (χ4v) is 6.48. The lowest BCUT2D eigenvalue weighted by molar-refractivity contribution is 0.646. The third kappa shape index (κ3) is 9.13. The van der Waals surface area contributed by atoms with E-state index in [1.165, 1.54) is 76.3 Å². The zero-order valence-electron chi connectivity index (χ0n) is 14.4. The third-order valence-electron chi connectivity index (χ3n) is 4.58. The molecule has 0 unspecified atom stereocenters.